The molecule has 0 bridgehead atoms. The van der Waals surface area contributed by atoms with E-state index in [1.54, 1.807) is 16.8 Å². The molecule has 1 aromatic heterocycles. The molecule has 0 amide bonds. The highest BCUT2D eigenvalue weighted by Gasteiger charge is 2.35. The molecule has 6 nitrogen and oxygen atoms in total. The number of esters is 1. The van der Waals surface area contributed by atoms with Crippen molar-refractivity contribution >= 4 is 35.3 Å². The largest absolute Gasteiger partial charge is 0.466 e. The summed E-state index contributed by atoms with van der Waals surface area (Å²) in [7, 11) is 1.38. The molecule has 1 atom stereocenters. The summed E-state index contributed by atoms with van der Waals surface area (Å²) in [5, 5.41) is 8.99. The molecular formula is C16H17ClN4O2S. The van der Waals surface area contributed by atoms with E-state index >= 15 is 0 Å². The van der Waals surface area contributed by atoms with E-state index in [0.717, 1.165) is 11.3 Å². The van der Waals surface area contributed by atoms with Crippen molar-refractivity contribution < 1.29 is 9.53 Å². The van der Waals surface area contributed by atoms with E-state index < -0.39 is 6.04 Å². The summed E-state index contributed by atoms with van der Waals surface area (Å²) in [5.74, 6) is 0.231. The molecule has 0 spiro atoms. The number of ether oxygens (including phenoxy) is 1. The highest BCUT2D eigenvalue weighted by Crippen LogP contribution is 2.37. The minimum atomic E-state index is -0.408. The van der Waals surface area contributed by atoms with Crippen LogP contribution in [0, 0.1) is 0 Å². The van der Waals surface area contributed by atoms with Gasteiger partial charge in [0.05, 0.1) is 12.7 Å². The van der Waals surface area contributed by atoms with Crippen molar-refractivity contribution in [2.24, 2.45) is 0 Å². The molecule has 0 fully saturated rings. The number of nitrogens with one attached hydrogen (secondary N) is 1. The minimum absolute atomic E-state index is 0.383. The Hall–Kier alpha value is -1.99. The van der Waals surface area contributed by atoms with Gasteiger partial charge in [0.2, 0.25) is 11.1 Å². The average molecular weight is 365 g/mol. The SMILES string of the molecule is CCC1=C(C(=O)OC)[C@@H](c2ccc(Cl)cc2)n2nc(SC)nc2N1. The van der Waals surface area contributed by atoms with Crippen LogP contribution in [-0.2, 0) is 9.53 Å². The number of methoxy groups -OCH3 is 1. The Morgan fingerprint density at radius 1 is 1.42 bits per heavy atom. The summed E-state index contributed by atoms with van der Waals surface area (Å²) >= 11 is 7.45. The number of halogens is 1. The Morgan fingerprint density at radius 3 is 2.71 bits per heavy atom. The molecule has 1 aliphatic heterocycles. The van der Waals surface area contributed by atoms with Gasteiger partial charge < -0.3 is 10.1 Å². The number of thioether (sulfide) groups is 1. The smallest absolute Gasteiger partial charge is 0.338 e. The third kappa shape index (κ3) is 2.89. The van der Waals surface area contributed by atoms with Crippen LogP contribution in [0.4, 0.5) is 5.95 Å². The van der Waals surface area contributed by atoms with Crippen LogP contribution < -0.4 is 5.32 Å². The number of allylic oxidation sites excluding steroid dienone is 1. The number of carbonyl (C=O) groups excluding carboxylic acids is 1. The fourth-order valence-electron chi connectivity index (χ4n) is 2.72. The lowest BCUT2D eigenvalue weighted by atomic mass is 9.95. The van der Waals surface area contributed by atoms with E-state index in [1.807, 2.05) is 25.3 Å². The van der Waals surface area contributed by atoms with Crippen LogP contribution in [0.1, 0.15) is 24.9 Å². The average Bonchev–Trinajstić information content (AvgIpc) is 3.03. The summed E-state index contributed by atoms with van der Waals surface area (Å²) in [6.07, 6.45) is 2.56. The number of aromatic nitrogens is 3. The quantitative estimate of drug-likeness (QED) is 0.661. The van der Waals surface area contributed by atoms with Crippen molar-refractivity contribution in [3.05, 3.63) is 46.1 Å². The van der Waals surface area contributed by atoms with Gasteiger partial charge in [0.25, 0.3) is 0 Å². The standard InChI is InChI=1S/C16H17ClN4O2S/c1-4-11-12(14(22)23-2)13(9-5-7-10(17)8-6-9)21-15(18-11)19-16(20-21)24-3/h5-8,13H,4H2,1-3H3,(H,18,19,20)/t13-/m1/s1. The van der Waals surface area contributed by atoms with E-state index in [4.69, 9.17) is 16.3 Å². The van der Waals surface area contributed by atoms with Gasteiger partial charge in [0.1, 0.15) is 6.04 Å². The molecule has 2 aromatic rings. The monoisotopic (exact) mass is 364 g/mol. The molecule has 0 unspecified atom stereocenters. The predicted molar refractivity (Wildman–Crippen MR) is 94.3 cm³/mol. The maximum absolute atomic E-state index is 12.5. The van der Waals surface area contributed by atoms with Gasteiger partial charge in [0.15, 0.2) is 0 Å². The van der Waals surface area contributed by atoms with Gasteiger partial charge >= 0.3 is 5.97 Å². The summed E-state index contributed by atoms with van der Waals surface area (Å²) in [6, 6.07) is 6.96. The number of anilines is 1. The number of carbonyl (C=O) groups is 1. The lowest BCUT2D eigenvalue weighted by Gasteiger charge is -2.28. The van der Waals surface area contributed by atoms with Crippen LogP contribution in [0.15, 0.2) is 40.7 Å². The molecule has 126 valence electrons. The summed E-state index contributed by atoms with van der Waals surface area (Å²) in [6.45, 7) is 1.98. The highest BCUT2D eigenvalue weighted by atomic mass is 35.5. The summed E-state index contributed by atoms with van der Waals surface area (Å²) in [4.78, 5) is 16.9. The predicted octanol–water partition coefficient (Wildman–Crippen LogP) is 3.51. The second kappa shape index (κ2) is 6.86. The van der Waals surface area contributed by atoms with Gasteiger partial charge in [-0.15, -0.1) is 5.10 Å². The number of fused-ring (bicyclic) bond motifs is 1. The number of benzene rings is 1. The van der Waals surface area contributed by atoms with Crippen molar-refractivity contribution in [1.82, 2.24) is 14.8 Å². The zero-order valence-corrected chi connectivity index (χ0v) is 15.1. The van der Waals surface area contributed by atoms with Crippen LogP contribution in [-0.4, -0.2) is 34.1 Å². The van der Waals surface area contributed by atoms with Crippen LogP contribution in [0.5, 0.6) is 0 Å². The number of rotatable bonds is 4. The van der Waals surface area contributed by atoms with Crippen molar-refractivity contribution in [2.45, 2.75) is 24.5 Å². The van der Waals surface area contributed by atoms with Crippen LogP contribution in [0.3, 0.4) is 0 Å². The molecule has 1 aliphatic rings. The maximum Gasteiger partial charge on any atom is 0.338 e. The van der Waals surface area contributed by atoms with Gasteiger partial charge in [-0.2, -0.15) is 4.98 Å². The first-order valence-corrected chi connectivity index (χ1v) is 9.03. The second-order valence-electron chi connectivity index (χ2n) is 5.18. The molecule has 8 heteroatoms. The van der Waals surface area contributed by atoms with Crippen molar-refractivity contribution in [3.63, 3.8) is 0 Å². The molecular weight excluding hydrogens is 348 g/mol. The fraction of sp³-hybridized carbons (Fsp3) is 0.312. The Bertz CT molecular complexity index is 801. The van der Waals surface area contributed by atoms with E-state index in [-0.39, 0.29) is 5.97 Å². The Balaban J connectivity index is 2.21. The number of hydrogen-bond acceptors (Lipinski definition) is 6. The van der Waals surface area contributed by atoms with E-state index in [2.05, 4.69) is 15.4 Å². The molecule has 1 aromatic carbocycles. The third-order valence-electron chi connectivity index (χ3n) is 3.84. The number of nitrogens with zero attached hydrogens (tertiary/aromatic N) is 3. The highest BCUT2D eigenvalue weighted by molar-refractivity contribution is 7.98. The van der Waals surface area contributed by atoms with Gasteiger partial charge in [-0.25, -0.2) is 9.48 Å². The lowest BCUT2D eigenvalue weighted by molar-refractivity contribution is -0.136. The second-order valence-corrected chi connectivity index (χ2v) is 6.39. The lowest BCUT2D eigenvalue weighted by Crippen LogP contribution is -2.30. The summed E-state index contributed by atoms with van der Waals surface area (Å²) < 4.78 is 6.74. The van der Waals surface area contributed by atoms with Crippen LogP contribution in [0.2, 0.25) is 5.02 Å². The third-order valence-corrected chi connectivity index (χ3v) is 4.63. The minimum Gasteiger partial charge on any atom is -0.466 e. The Morgan fingerprint density at radius 2 is 2.12 bits per heavy atom. The van der Waals surface area contributed by atoms with Crippen molar-refractivity contribution in [2.75, 3.05) is 18.7 Å². The first-order chi connectivity index (χ1) is 11.6. The van der Waals surface area contributed by atoms with Crippen molar-refractivity contribution in [3.8, 4) is 0 Å². The molecule has 0 radical (unpaired) electrons. The van der Waals surface area contributed by atoms with E-state index in [9.17, 15) is 4.79 Å². The van der Waals surface area contributed by atoms with E-state index in [0.29, 0.717) is 28.1 Å². The first kappa shape index (κ1) is 16.9. The van der Waals surface area contributed by atoms with Gasteiger partial charge in [-0.05, 0) is 30.4 Å². The van der Waals surface area contributed by atoms with Gasteiger partial charge in [0, 0.05) is 10.7 Å². The molecule has 24 heavy (non-hydrogen) atoms. The molecule has 2 heterocycles. The molecule has 0 aliphatic carbocycles. The zero-order chi connectivity index (χ0) is 17.3. The molecule has 0 saturated carbocycles. The zero-order valence-electron chi connectivity index (χ0n) is 13.5. The molecule has 3 rings (SSSR count). The normalized spacial score (nSPS) is 16.6. The molecule has 1 N–H and O–H groups in total. The molecule has 0 saturated heterocycles. The maximum atomic E-state index is 12.5. The first-order valence-electron chi connectivity index (χ1n) is 7.43. The topological polar surface area (TPSA) is 69.0 Å². The van der Waals surface area contributed by atoms with Crippen molar-refractivity contribution in [1.29, 1.82) is 0 Å². The van der Waals surface area contributed by atoms with E-state index in [1.165, 1.54) is 18.9 Å². The van der Waals surface area contributed by atoms with Gasteiger partial charge in [-0.1, -0.05) is 42.4 Å². The Labute approximate surface area is 149 Å². The summed E-state index contributed by atoms with van der Waals surface area (Å²) in [5.41, 5.74) is 2.22. The Kier molecular flexibility index (Phi) is 4.82. The van der Waals surface area contributed by atoms with Crippen LogP contribution in [0.25, 0.3) is 0 Å². The fourth-order valence-corrected chi connectivity index (χ4v) is 3.19. The van der Waals surface area contributed by atoms with Crippen LogP contribution >= 0.6 is 23.4 Å². The van der Waals surface area contributed by atoms with Gasteiger partial charge in [-0.3, -0.25) is 0 Å². The number of hydrogen-bond donors (Lipinski definition) is 1.